The number of carbonyl (C=O) groups excluding carboxylic acids is 1. The van der Waals surface area contributed by atoms with Gasteiger partial charge in [-0.25, -0.2) is 0 Å². The molecule has 1 aromatic carbocycles. The summed E-state index contributed by atoms with van der Waals surface area (Å²) in [5.74, 6) is -1.24. The molecule has 0 aliphatic rings. The maximum absolute atomic E-state index is 12.3. The number of amides is 1. The molecular weight excluding hydrogens is 244 g/mol. The zero-order chi connectivity index (χ0) is 14.0. The number of aromatic hydroxyl groups is 1. The molecule has 2 rings (SSSR count). The Labute approximate surface area is 110 Å². The number of nitrogens with two attached hydrogens (primary N) is 1. The number of primary amides is 1. The number of aromatic nitrogens is 1. The fourth-order valence-corrected chi connectivity index (χ4v) is 2.15. The number of nitrogens with zero attached hydrogens (tertiary/aromatic N) is 1. The summed E-state index contributed by atoms with van der Waals surface area (Å²) >= 11 is 0. The van der Waals surface area contributed by atoms with Crippen molar-refractivity contribution in [2.45, 2.75) is 26.3 Å². The van der Waals surface area contributed by atoms with E-state index >= 15 is 0 Å². The molecule has 0 saturated heterocycles. The summed E-state index contributed by atoms with van der Waals surface area (Å²) in [5, 5.41) is 10.5. The Hall–Kier alpha value is -2.30. The quantitative estimate of drug-likeness (QED) is 0.875. The van der Waals surface area contributed by atoms with Crippen molar-refractivity contribution in [3.63, 3.8) is 0 Å². The van der Waals surface area contributed by atoms with Gasteiger partial charge in [0.2, 0.25) is 0 Å². The largest absolute Gasteiger partial charge is 0.506 e. The predicted molar refractivity (Wildman–Crippen MR) is 73.3 cm³/mol. The van der Waals surface area contributed by atoms with Crippen molar-refractivity contribution in [1.82, 2.24) is 4.57 Å². The Morgan fingerprint density at radius 2 is 2.05 bits per heavy atom. The van der Waals surface area contributed by atoms with E-state index in [1.165, 1.54) is 4.57 Å². The number of para-hydroxylation sites is 1. The molecular formula is C14H16N2O3. The first kappa shape index (κ1) is 13.1. The van der Waals surface area contributed by atoms with Gasteiger partial charge in [-0.1, -0.05) is 25.5 Å². The average molecular weight is 260 g/mol. The van der Waals surface area contributed by atoms with Gasteiger partial charge in [0.25, 0.3) is 11.5 Å². The Morgan fingerprint density at radius 1 is 1.37 bits per heavy atom. The van der Waals surface area contributed by atoms with Gasteiger partial charge in [0.1, 0.15) is 11.3 Å². The molecule has 0 bridgehead atoms. The highest BCUT2D eigenvalue weighted by atomic mass is 16.3. The lowest BCUT2D eigenvalue weighted by Crippen LogP contribution is -2.30. The second-order valence-corrected chi connectivity index (χ2v) is 4.42. The van der Waals surface area contributed by atoms with E-state index in [2.05, 4.69) is 0 Å². The Bertz CT molecular complexity index is 689. The van der Waals surface area contributed by atoms with Crippen molar-refractivity contribution in [2.75, 3.05) is 0 Å². The van der Waals surface area contributed by atoms with Crippen LogP contribution in [-0.4, -0.2) is 15.6 Å². The highest BCUT2D eigenvalue weighted by molar-refractivity contribution is 6.01. The number of hydrogen-bond acceptors (Lipinski definition) is 3. The number of carbonyl (C=O) groups is 1. The van der Waals surface area contributed by atoms with Crippen LogP contribution < -0.4 is 11.3 Å². The summed E-state index contributed by atoms with van der Waals surface area (Å²) in [6.45, 7) is 2.51. The van der Waals surface area contributed by atoms with Gasteiger partial charge >= 0.3 is 0 Å². The molecule has 0 saturated carbocycles. The van der Waals surface area contributed by atoms with Crippen molar-refractivity contribution < 1.29 is 9.90 Å². The number of unbranched alkanes of at least 4 members (excludes halogenated alkanes) is 1. The third kappa shape index (κ3) is 2.19. The topological polar surface area (TPSA) is 85.3 Å². The molecule has 0 atom stereocenters. The van der Waals surface area contributed by atoms with Crippen LogP contribution in [0.3, 0.4) is 0 Å². The van der Waals surface area contributed by atoms with E-state index in [9.17, 15) is 14.7 Å². The molecule has 5 nitrogen and oxygen atoms in total. The van der Waals surface area contributed by atoms with Crippen molar-refractivity contribution in [2.24, 2.45) is 5.73 Å². The number of pyridine rings is 1. The smallest absolute Gasteiger partial charge is 0.267 e. The van der Waals surface area contributed by atoms with Crippen LogP contribution in [0, 0.1) is 0 Å². The molecule has 2 aromatic rings. The maximum atomic E-state index is 12.3. The lowest BCUT2D eigenvalue weighted by molar-refractivity contribution is 0.0996. The molecule has 1 heterocycles. The normalized spacial score (nSPS) is 10.8. The SMILES string of the molecule is CCCCn1c(=O)c(C(N)=O)c(O)c2ccccc21. The second kappa shape index (κ2) is 5.14. The Kier molecular flexibility index (Phi) is 3.55. The van der Waals surface area contributed by atoms with Crippen LogP contribution >= 0.6 is 0 Å². The fraction of sp³-hybridized carbons (Fsp3) is 0.286. The first-order chi connectivity index (χ1) is 9.07. The number of rotatable bonds is 4. The van der Waals surface area contributed by atoms with E-state index in [1.54, 1.807) is 24.3 Å². The number of hydrogen-bond donors (Lipinski definition) is 2. The van der Waals surface area contributed by atoms with Gasteiger partial charge in [-0.3, -0.25) is 9.59 Å². The third-order valence-electron chi connectivity index (χ3n) is 3.13. The van der Waals surface area contributed by atoms with Gasteiger partial charge in [0.05, 0.1) is 5.52 Å². The maximum Gasteiger partial charge on any atom is 0.267 e. The van der Waals surface area contributed by atoms with Crippen LogP contribution in [-0.2, 0) is 6.54 Å². The molecule has 100 valence electrons. The molecule has 19 heavy (non-hydrogen) atoms. The minimum Gasteiger partial charge on any atom is -0.506 e. The van der Waals surface area contributed by atoms with Gasteiger partial charge < -0.3 is 15.4 Å². The highest BCUT2D eigenvalue weighted by Gasteiger charge is 2.19. The van der Waals surface area contributed by atoms with E-state index in [1.807, 2.05) is 6.92 Å². The van der Waals surface area contributed by atoms with E-state index in [4.69, 9.17) is 5.73 Å². The fourth-order valence-electron chi connectivity index (χ4n) is 2.15. The monoisotopic (exact) mass is 260 g/mol. The van der Waals surface area contributed by atoms with Gasteiger partial charge in [-0.2, -0.15) is 0 Å². The number of benzene rings is 1. The molecule has 1 amide bonds. The van der Waals surface area contributed by atoms with Crippen LogP contribution in [0.2, 0.25) is 0 Å². The molecule has 5 heteroatoms. The lowest BCUT2D eigenvalue weighted by atomic mass is 10.1. The van der Waals surface area contributed by atoms with Gasteiger partial charge in [0, 0.05) is 11.9 Å². The molecule has 0 aliphatic heterocycles. The molecule has 0 aliphatic carbocycles. The molecule has 0 radical (unpaired) electrons. The highest BCUT2D eigenvalue weighted by Crippen LogP contribution is 2.25. The molecule has 0 unspecified atom stereocenters. The zero-order valence-electron chi connectivity index (χ0n) is 10.7. The lowest BCUT2D eigenvalue weighted by Gasteiger charge is -2.13. The van der Waals surface area contributed by atoms with Gasteiger partial charge in [-0.15, -0.1) is 0 Å². The van der Waals surface area contributed by atoms with Crippen molar-refractivity contribution >= 4 is 16.8 Å². The minimum absolute atomic E-state index is 0.333. The summed E-state index contributed by atoms with van der Waals surface area (Å²) in [5.41, 5.74) is 4.94. The Morgan fingerprint density at radius 3 is 2.68 bits per heavy atom. The van der Waals surface area contributed by atoms with Crippen molar-refractivity contribution in [3.8, 4) is 5.75 Å². The summed E-state index contributed by atoms with van der Waals surface area (Å²) in [6, 6.07) is 6.94. The molecule has 1 aromatic heterocycles. The van der Waals surface area contributed by atoms with Crippen molar-refractivity contribution in [1.29, 1.82) is 0 Å². The van der Waals surface area contributed by atoms with E-state index in [0.717, 1.165) is 12.8 Å². The van der Waals surface area contributed by atoms with Crippen LogP contribution in [0.1, 0.15) is 30.1 Å². The van der Waals surface area contributed by atoms with E-state index in [0.29, 0.717) is 17.4 Å². The number of fused-ring (bicyclic) bond motifs is 1. The van der Waals surface area contributed by atoms with E-state index < -0.39 is 11.5 Å². The van der Waals surface area contributed by atoms with Crippen LogP contribution in [0.5, 0.6) is 5.75 Å². The second-order valence-electron chi connectivity index (χ2n) is 4.42. The first-order valence-electron chi connectivity index (χ1n) is 6.22. The number of aryl methyl sites for hydroxylation is 1. The summed E-state index contributed by atoms with van der Waals surface area (Å²) < 4.78 is 1.50. The molecule has 3 N–H and O–H groups in total. The third-order valence-corrected chi connectivity index (χ3v) is 3.13. The van der Waals surface area contributed by atoms with Crippen LogP contribution in [0.25, 0.3) is 10.9 Å². The summed E-state index contributed by atoms with van der Waals surface area (Å²) in [7, 11) is 0. The van der Waals surface area contributed by atoms with Gasteiger partial charge in [-0.05, 0) is 18.6 Å². The summed E-state index contributed by atoms with van der Waals surface area (Å²) in [6.07, 6.45) is 1.74. The first-order valence-corrected chi connectivity index (χ1v) is 6.22. The van der Waals surface area contributed by atoms with Crippen molar-refractivity contribution in [3.05, 3.63) is 40.2 Å². The standard InChI is InChI=1S/C14H16N2O3/c1-2-3-8-16-10-7-5-4-6-9(10)12(17)11(13(15)18)14(16)19/h4-7,17H,2-3,8H2,1H3,(H2,15,18). The Balaban J connectivity index is 2.84. The van der Waals surface area contributed by atoms with Gasteiger partial charge in [0.15, 0.2) is 0 Å². The van der Waals surface area contributed by atoms with Crippen LogP contribution in [0.15, 0.2) is 29.1 Å². The molecule has 0 fully saturated rings. The minimum atomic E-state index is -0.904. The predicted octanol–water partition coefficient (Wildman–Crippen LogP) is 1.61. The summed E-state index contributed by atoms with van der Waals surface area (Å²) in [4.78, 5) is 23.6. The van der Waals surface area contributed by atoms with Crippen LogP contribution in [0.4, 0.5) is 0 Å². The molecule has 0 spiro atoms. The van der Waals surface area contributed by atoms with E-state index in [-0.39, 0.29) is 11.3 Å². The average Bonchev–Trinajstić information content (AvgIpc) is 2.38. The zero-order valence-corrected chi connectivity index (χ0v) is 10.7.